The van der Waals surface area contributed by atoms with Crippen LogP contribution in [0.4, 0.5) is 0 Å². The lowest BCUT2D eigenvalue weighted by Gasteiger charge is -2.35. The van der Waals surface area contributed by atoms with E-state index in [0.717, 1.165) is 65.0 Å². The summed E-state index contributed by atoms with van der Waals surface area (Å²) in [6.45, 7) is 6.92. The normalized spacial score (nSPS) is 25.9. The maximum atomic E-state index is 12.1. The molecule has 2 atom stereocenters. The van der Waals surface area contributed by atoms with Crippen LogP contribution < -0.4 is 0 Å². The molecule has 116 valence electrons. The molecular formula is C15H28N2O3. The Hall–Kier alpha value is -0.650. The van der Waals surface area contributed by atoms with Crippen molar-refractivity contribution in [1.82, 2.24) is 9.80 Å². The monoisotopic (exact) mass is 284 g/mol. The molecule has 0 saturated carbocycles. The van der Waals surface area contributed by atoms with Gasteiger partial charge in [0.05, 0.1) is 12.2 Å². The maximum Gasteiger partial charge on any atom is 0.222 e. The van der Waals surface area contributed by atoms with Crippen molar-refractivity contribution in [2.24, 2.45) is 0 Å². The van der Waals surface area contributed by atoms with Crippen molar-refractivity contribution in [3.05, 3.63) is 0 Å². The quantitative estimate of drug-likeness (QED) is 0.786. The van der Waals surface area contributed by atoms with E-state index < -0.39 is 0 Å². The van der Waals surface area contributed by atoms with Crippen molar-refractivity contribution in [3.63, 3.8) is 0 Å². The Bertz CT molecular complexity index is 297. The number of aliphatic hydroxyl groups excluding tert-OH is 1. The van der Waals surface area contributed by atoms with Crippen LogP contribution in [0.5, 0.6) is 0 Å². The average molecular weight is 284 g/mol. The summed E-state index contributed by atoms with van der Waals surface area (Å²) in [7, 11) is 0. The molecule has 2 heterocycles. The van der Waals surface area contributed by atoms with E-state index in [9.17, 15) is 9.90 Å². The Morgan fingerprint density at radius 2 is 2.10 bits per heavy atom. The van der Waals surface area contributed by atoms with Crippen LogP contribution in [-0.2, 0) is 9.53 Å². The van der Waals surface area contributed by atoms with Gasteiger partial charge < -0.3 is 14.7 Å². The van der Waals surface area contributed by atoms with Crippen molar-refractivity contribution in [2.75, 3.05) is 39.3 Å². The number of aliphatic hydroxyl groups is 1. The molecule has 2 aliphatic rings. The number of β-amino-alcohol motifs (C(OH)–C–C–N with tert-alkyl or cyclic N) is 1. The summed E-state index contributed by atoms with van der Waals surface area (Å²) in [6.07, 6.45) is 4.58. The summed E-state index contributed by atoms with van der Waals surface area (Å²) in [6, 6.07) is 0. The predicted molar refractivity (Wildman–Crippen MR) is 77.5 cm³/mol. The number of hydrogen-bond acceptors (Lipinski definition) is 4. The summed E-state index contributed by atoms with van der Waals surface area (Å²) in [5.74, 6) is 0.260. The van der Waals surface area contributed by atoms with Crippen LogP contribution in [0.2, 0.25) is 0 Å². The molecule has 0 spiro atoms. The van der Waals surface area contributed by atoms with Crippen molar-refractivity contribution >= 4 is 5.91 Å². The molecule has 1 amide bonds. The first-order chi connectivity index (χ1) is 9.69. The fourth-order valence-electron chi connectivity index (χ4n) is 2.92. The predicted octanol–water partition coefficient (Wildman–Crippen LogP) is 0.861. The average Bonchev–Trinajstić information content (AvgIpc) is 2.98. The Morgan fingerprint density at radius 3 is 2.70 bits per heavy atom. The Balaban J connectivity index is 1.63. The summed E-state index contributed by atoms with van der Waals surface area (Å²) in [4.78, 5) is 16.4. The first kappa shape index (κ1) is 15.7. The number of rotatable bonds is 6. The zero-order chi connectivity index (χ0) is 14.4. The largest absolute Gasteiger partial charge is 0.392 e. The van der Waals surface area contributed by atoms with E-state index in [-0.39, 0.29) is 12.0 Å². The lowest BCUT2D eigenvalue weighted by molar-refractivity contribution is -0.133. The van der Waals surface area contributed by atoms with Crippen molar-refractivity contribution in [3.8, 4) is 0 Å². The van der Waals surface area contributed by atoms with Gasteiger partial charge in [0, 0.05) is 45.8 Å². The van der Waals surface area contributed by atoms with Crippen LogP contribution in [0.15, 0.2) is 0 Å². The van der Waals surface area contributed by atoms with Crippen molar-refractivity contribution in [1.29, 1.82) is 0 Å². The second-order valence-electron chi connectivity index (χ2n) is 5.92. The van der Waals surface area contributed by atoms with Crippen molar-refractivity contribution in [2.45, 2.75) is 51.2 Å². The van der Waals surface area contributed by atoms with E-state index in [2.05, 4.69) is 4.90 Å². The lowest BCUT2D eigenvalue weighted by atomic mass is 10.1. The number of hydrogen-bond donors (Lipinski definition) is 1. The highest BCUT2D eigenvalue weighted by Crippen LogP contribution is 2.17. The van der Waals surface area contributed by atoms with Crippen LogP contribution in [-0.4, -0.2) is 72.4 Å². The van der Waals surface area contributed by atoms with Crippen LogP contribution in [0.3, 0.4) is 0 Å². The zero-order valence-corrected chi connectivity index (χ0v) is 12.6. The summed E-state index contributed by atoms with van der Waals surface area (Å²) in [5.41, 5.74) is 0. The summed E-state index contributed by atoms with van der Waals surface area (Å²) >= 11 is 0. The highest BCUT2D eigenvalue weighted by atomic mass is 16.5. The van der Waals surface area contributed by atoms with Crippen LogP contribution >= 0.6 is 0 Å². The molecule has 5 nitrogen and oxygen atoms in total. The highest BCUT2D eigenvalue weighted by molar-refractivity contribution is 5.76. The molecular weight excluding hydrogens is 256 g/mol. The fraction of sp³-hybridized carbons (Fsp3) is 0.933. The highest BCUT2D eigenvalue weighted by Gasteiger charge is 2.23. The van der Waals surface area contributed by atoms with Gasteiger partial charge in [0.2, 0.25) is 5.91 Å². The van der Waals surface area contributed by atoms with E-state index in [4.69, 9.17) is 4.74 Å². The van der Waals surface area contributed by atoms with Gasteiger partial charge in [-0.15, -0.1) is 0 Å². The van der Waals surface area contributed by atoms with E-state index in [1.54, 1.807) is 0 Å². The summed E-state index contributed by atoms with van der Waals surface area (Å²) in [5, 5.41) is 9.65. The smallest absolute Gasteiger partial charge is 0.222 e. The van der Waals surface area contributed by atoms with Gasteiger partial charge in [-0.05, 0) is 25.7 Å². The molecule has 0 aromatic rings. The number of carbonyl (C=O) groups excluding carboxylic acids is 1. The topological polar surface area (TPSA) is 53.0 Å². The first-order valence-electron chi connectivity index (χ1n) is 7.99. The van der Waals surface area contributed by atoms with E-state index in [1.807, 2.05) is 11.8 Å². The molecule has 0 aromatic carbocycles. The number of amides is 1. The summed E-state index contributed by atoms with van der Waals surface area (Å²) < 4.78 is 5.56. The minimum absolute atomic E-state index is 0.239. The molecule has 0 radical (unpaired) electrons. The molecule has 2 rings (SSSR count). The zero-order valence-electron chi connectivity index (χ0n) is 12.6. The molecule has 0 aliphatic carbocycles. The fourth-order valence-corrected chi connectivity index (χ4v) is 2.92. The number of nitrogens with zero attached hydrogens (tertiary/aromatic N) is 2. The van der Waals surface area contributed by atoms with E-state index in [0.29, 0.717) is 12.5 Å². The van der Waals surface area contributed by atoms with Gasteiger partial charge in [-0.3, -0.25) is 9.69 Å². The Morgan fingerprint density at radius 1 is 1.35 bits per heavy atom. The molecule has 0 unspecified atom stereocenters. The third-order valence-corrected chi connectivity index (χ3v) is 4.37. The Labute approximate surface area is 121 Å². The van der Waals surface area contributed by atoms with E-state index >= 15 is 0 Å². The van der Waals surface area contributed by atoms with Crippen molar-refractivity contribution < 1.29 is 14.6 Å². The van der Waals surface area contributed by atoms with Gasteiger partial charge in [0.25, 0.3) is 0 Å². The van der Waals surface area contributed by atoms with Crippen LogP contribution in [0, 0.1) is 0 Å². The van der Waals surface area contributed by atoms with Gasteiger partial charge in [0.1, 0.15) is 0 Å². The second-order valence-corrected chi connectivity index (χ2v) is 5.92. The number of carbonyl (C=O) groups is 1. The first-order valence-corrected chi connectivity index (χ1v) is 7.99. The molecule has 1 N–H and O–H groups in total. The molecule has 0 bridgehead atoms. The third kappa shape index (κ3) is 4.72. The van der Waals surface area contributed by atoms with Crippen LogP contribution in [0.1, 0.15) is 39.0 Å². The minimum atomic E-state index is -0.239. The van der Waals surface area contributed by atoms with Crippen LogP contribution in [0.25, 0.3) is 0 Å². The van der Waals surface area contributed by atoms with E-state index in [1.165, 1.54) is 0 Å². The molecule has 2 saturated heterocycles. The molecule has 0 aromatic heterocycles. The maximum absolute atomic E-state index is 12.1. The minimum Gasteiger partial charge on any atom is -0.392 e. The van der Waals surface area contributed by atoms with Gasteiger partial charge in [0.15, 0.2) is 0 Å². The lowest BCUT2D eigenvalue weighted by Crippen LogP contribution is -2.50. The van der Waals surface area contributed by atoms with Gasteiger partial charge >= 0.3 is 0 Å². The molecule has 20 heavy (non-hydrogen) atoms. The number of ether oxygens (including phenoxy) is 1. The Kier molecular flexibility index (Phi) is 6.26. The molecule has 2 aliphatic heterocycles. The van der Waals surface area contributed by atoms with Gasteiger partial charge in [-0.25, -0.2) is 0 Å². The second kappa shape index (κ2) is 7.96. The standard InChI is InChI=1S/C15H28N2O3/c1-2-13(18)12-16-7-9-17(10-8-16)15(19)6-5-14-4-3-11-20-14/h13-14,18H,2-12H2,1H3/t13-,14-/m0/s1. The molecule has 2 fully saturated rings. The van der Waals surface area contributed by atoms with Gasteiger partial charge in [-0.1, -0.05) is 6.92 Å². The number of piperazine rings is 1. The SMILES string of the molecule is CC[C@H](O)CN1CCN(C(=O)CC[C@@H]2CCCO2)CC1. The third-order valence-electron chi connectivity index (χ3n) is 4.37. The van der Waals surface area contributed by atoms with Gasteiger partial charge in [-0.2, -0.15) is 0 Å². The molecule has 5 heteroatoms.